The van der Waals surface area contributed by atoms with Crippen molar-refractivity contribution >= 4 is 15.9 Å². The fourth-order valence-corrected chi connectivity index (χ4v) is 1.36. The lowest BCUT2D eigenvalue weighted by Gasteiger charge is -1.94. The van der Waals surface area contributed by atoms with Gasteiger partial charge >= 0.3 is 0 Å². The zero-order chi connectivity index (χ0) is 8.27. The largest absolute Gasteiger partial charge is 0.298 e. The predicted molar refractivity (Wildman–Crippen MR) is 45.5 cm³/mol. The van der Waals surface area contributed by atoms with E-state index in [-0.39, 0.29) is 0 Å². The number of aryl methyl sites for hydroxylation is 1. The third-order valence-corrected chi connectivity index (χ3v) is 2.08. The van der Waals surface area contributed by atoms with Gasteiger partial charge in [0.1, 0.15) is 0 Å². The first-order valence-electron chi connectivity index (χ1n) is 3.63. The lowest BCUT2D eigenvalue weighted by atomic mass is 10.2. The van der Waals surface area contributed by atoms with Gasteiger partial charge in [-0.25, -0.2) is 0 Å². The van der Waals surface area contributed by atoms with Crippen LogP contribution in [0.1, 0.15) is 18.9 Å². The Labute approximate surface area is 74.6 Å². The smallest absolute Gasteiger partial charge is 0.284 e. The van der Waals surface area contributed by atoms with Crippen LogP contribution < -0.4 is 4.73 Å². The van der Waals surface area contributed by atoms with Crippen molar-refractivity contribution in [1.82, 2.24) is 0 Å². The van der Waals surface area contributed by atoms with Crippen LogP contribution in [0.3, 0.4) is 0 Å². The summed E-state index contributed by atoms with van der Waals surface area (Å²) in [5, 5.41) is 9.08. The summed E-state index contributed by atoms with van der Waals surface area (Å²) in [5.74, 6) is 0. The maximum absolute atomic E-state index is 9.08. The molecule has 0 aliphatic rings. The van der Waals surface area contributed by atoms with Crippen molar-refractivity contribution in [2.24, 2.45) is 0 Å². The molecule has 2 nitrogen and oxygen atoms in total. The average Bonchev–Trinajstić information content (AvgIpc) is 1.98. The lowest BCUT2D eigenvalue weighted by molar-refractivity contribution is -0.913. The molecule has 0 atom stereocenters. The van der Waals surface area contributed by atoms with Crippen molar-refractivity contribution < 1.29 is 9.94 Å². The summed E-state index contributed by atoms with van der Waals surface area (Å²) in [5.41, 5.74) is 1.24. The second-order valence-corrected chi connectivity index (χ2v) is 3.26. The molecule has 0 aliphatic heterocycles. The van der Waals surface area contributed by atoms with Gasteiger partial charge in [-0.3, -0.25) is 5.21 Å². The number of nitrogens with zero attached hydrogens (tertiary/aromatic N) is 1. The topological polar surface area (TPSA) is 24.1 Å². The summed E-state index contributed by atoms with van der Waals surface area (Å²) in [6.45, 7) is 2.13. The highest BCUT2D eigenvalue weighted by molar-refractivity contribution is 9.10. The van der Waals surface area contributed by atoms with Gasteiger partial charge in [0.15, 0.2) is 0 Å². The molecule has 0 aliphatic carbocycles. The van der Waals surface area contributed by atoms with Gasteiger partial charge < -0.3 is 0 Å². The highest BCUT2D eigenvalue weighted by Gasteiger charge is 2.05. The van der Waals surface area contributed by atoms with Crippen molar-refractivity contribution in [3.8, 4) is 0 Å². The van der Waals surface area contributed by atoms with Crippen LogP contribution >= 0.6 is 15.9 Å². The van der Waals surface area contributed by atoms with Gasteiger partial charge in [0, 0.05) is 32.8 Å². The molecule has 0 saturated heterocycles. The summed E-state index contributed by atoms with van der Waals surface area (Å²) >= 11 is 3.23. The normalized spacial score (nSPS) is 10.0. The third kappa shape index (κ3) is 2.19. The molecule has 1 aromatic rings. The molecule has 0 saturated carbocycles. The molecular formula is C8H11BrNO+. The van der Waals surface area contributed by atoms with E-state index >= 15 is 0 Å². The Bertz CT molecular complexity index is 250. The predicted octanol–water partition coefficient (Wildman–Crippen LogP) is 1.93. The van der Waals surface area contributed by atoms with Crippen LogP contribution in [0.15, 0.2) is 22.9 Å². The number of rotatable bonds is 2. The van der Waals surface area contributed by atoms with Crippen LogP contribution in [-0.4, -0.2) is 5.21 Å². The number of halogens is 1. The van der Waals surface area contributed by atoms with Crippen molar-refractivity contribution in [2.75, 3.05) is 0 Å². The van der Waals surface area contributed by atoms with Gasteiger partial charge in [-0.2, -0.15) is 0 Å². The fourth-order valence-electron chi connectivity index (χ4n) is 0.949. The molecule has 0 aromatic carbocycles. The number of hydrogen-bond acceptors (Lipinski definition) is 1. The van der Waals surface area contributed by atoms with Crippen molar-refractivity contribution in [2.45, 2.75) is 19.8 Å². The number of pyridine rings is 1. The highest BCUT2D eigenvalue weighted by Crippen LogP contribution is 2.07. The molecule has 1 aromatic heterocycles. The molecule has 0 unspecified atom stereocenters. The quantitative estimate of drug-likeness (QED) is 0.456. The molecule has 3 heteroatoms. The van der Waals surface area contributed by atoms with Crippen LogP contribution in [0.4, 0.5) is 0 Å². The molecule has 0 radical (unpaired) electrons. The fraction of sp³-hybridized carbons (Fsp3) is 0.375. The van der Waals surface area contributed by atoms with Gasteiger partial charge in [-0.1, -0.05) is 13.3 Å². The minimum absolute atomic E-state index is 0.698. The van der Waals surface area contributed by atoms with Gasteiger partial charge in [0.05, 0.1) is 0 Å². The third-order valence-electron chi connectivity index (χ3n) is 1.49. The molecule has 0 spiro atoms. The summed E-state index contributed by atoms with van der Waals surface area (Å²) in [6, 6.07) is 3.83. The second kappa shape index (κ2) is 3.72. The van der Waals surface area contributed by atoms with Gasteiger partial charge in [0.2, 0.25) is 6.20 Å². The summed E-state index contributed by atoms with van der Waals surface area (Å²) in [4.78, 5) is 0. The minimum Gasteiger partial charge on any atom is -0.284 e. The van der Waals surface area contributed by atoms with Crippen molar-refractivity contribution in [3.05, 3.63) is 28.5 Å². The molecule has 0 fully saturated rings. The molecule has 60 valence electrons. The Hall–Kier alpha value is -0.570. The van der Waals surface area contributed by atoms with E-state index in [1.54, 1.807) is 6.20 Å². The number of hydrogen-bond donors (Lipinski definition) is 1. The maximum Gasteiger partial charge on any atom is 0.298 e. The summed E-state index contributed by atoms with van der Waals surface area (Å²) < 4.78 is 1.75. The molecule has 1 N–H and O–H groups in total. The van der Waals surface area contributed by atoms with Gasteiger partial charge in [-0.15, -0.1) is 0 Å². The van der Waals surface area contributed by atoms with Crippen LogP contribution in [0.25, 0.3) is 0 Å². The first-order chi connectivity index (χ1) is 5.24. The van der Waals surface area contributed by atoms with E-state index in [0.29, 0.717) is 4.60 Å². The van der Waals surface area contributed by atoms with Crippen LogP contribution in [0, 0.1) is 0 Å². The number of aromatic nitrogens is 1. The summed E-state index contributed by atoms with van der Waals surface area (Å²) in [7, 11) is 0. The van der Waals surface area contributed by atoms with Gasteiger partial charge in [-0.05, 0) is 12.0 Å². The average molecular weight is 217 g/mol. The molecule has 0 amide bonds. The Kier molecular flexibility index (Phi) is 2.88. The first-order valence-corrected chi connectivity index (χ1v) is 4.42. The SMILES string of the molecule is CCCc1cc[n+](O)c(Br)c1. The van der Waals surface area contributed by atoms with E-state index in [1.165, 1.54) is 5.56 Å². The zero-order valence-corrected chi connectivity index (χ0v) is 8.00. The Morgan fingerprint density at radius 3 is 2.91 bits per heavy atom. The van der Waals surface area contributed by atoms with Crippen LogP contribution in [-0.2, 0) is 6.42 Å². The summed E-state index contributed by atoms with van der Waals surface area (Å²) in [6.07, 6.45) is 3.82. The minimum atomic E-state index is 0.698. The van der Waals surface area contributed by atoms with E-state index in [1.807, 2.05) is 12.1 Å². The van der Waals surface area contributed by atoms with Crippen LogP contribution in [0.5, 0.6) is 0 Å². The van der Waals surface area contributed by atoms with E-state index < -0.39 is 0 Å². The van der Waals surface area contributed by atoms with Crippen molar-refractivity contribution in [1.29, 1.82) is 0 Å². The lowest BCUT2D eigenvalue weighted by Crippen LogP contribution is -2.30. The molecule has 0 bridgehead atoms. The highest BCUT2D eigenvalue weighted by atomic mass is 79.9. The molecular weight excluding hydrogens is 206 g/mol. The Morgan fingerprint density at radius 2 is 2.36 bits per heavy atom. The van der Waals surface area contributed by atoms with E-state index in [4.69, 9.17) is 5.21 Å². The molecule has 1 heterocycles. The zero-order valence-electron chi connectivity index (χ0n) is 6.42. The standard InChI is InChI=1S/C8H11BrNO/c1-2-3-7-4-5-10(11)8(9)6-7/h4-6,11H,2-3H2,1H3/q+1. The monoisotopic (exact) mass is 216 g/mol. The van der Waals surface area contributed by atoms with E-state index in [9.17, 15) is 0 Å². The van der Waals surface area contributed by atoms with Crippen LogP contribution in [0.2, 0.25) is 0 Å². The first kappa shape index (κ1) is 8.53. The maximum atomic E-state index is 9.08. The Morgan fingerprint density at radius 1 is 1.64 bits per heavy atom. The van der Waals surface area contributed by atoms with E-state index in [0.717, 1.165) is 17.6 Å². The van der Waals surface area contributed by atoms with Crippen molar-refractivity contribution in [3.63, 3.8) is 0 Å². The van der Waals surface area contributed by atoms with Gasteiger partial charge in [0.25, 0.3) is 4.60 Å². The molecule has 11 heavy (non-hydrogen) atoms. The second-order valence-electron chi connectivity index (χ2n) is 2.45. The Balaban J connectivity index is 2.86. The molecule has 1 rings (SSSR count). The van der Waals surface area contributed by atoms with E-state index in [2.05, 4.69) is 22.9 Å².